The maximum Gasteiger partial charge on any atom is 0.261 e. The number of nitrogen functional groups attached to an aromatic ring is 1. The molecule has 1 saturated carbocycles. The lowest BCUT2D eigenvalue weighted by molar-refractivity contribution is 0.191. The summed E-state index contributed by atoms with van der Waals surface area (Å²) >= 11 is 0. The Morgan fingerprint density at radius 3 is 2.41 bits per heavy atom. The molecule has 1 aliphatic rings. The van der Waals surface area contributed by atoms with Crippen molar-refractivity contribution in [2.75, 3.05) is 37.8 Å². The van der Waals surface area contributed by atoms with Crippen molar-refractivity contribution in [2.45, 2.75) is 62.4 Å². The molecule has 5 rings (SSSR count). The lowest BCUT2D eigenvalue weighted by Crippen LogP contribution is -2.34. The van der Waals surface area contributed by atoms with Crippen LogP contribution >= 0.6 is 0 Å². The predicted octanol–water partition coefficient (Wildman–Crippen LogP) is 5.61. The van der Waals surface area contributed by atoms with Gasteiger partial charge in [-0.1, -0.05) is 0 Å². The first-order chi connectivity index (χ1) is 21.0. The van der Waals surface area contributed by atoms with Gasteiger partial charge in [0.05, 0.1) is 35.2 Å². The summed E-state index contributed by atoms with van der Waals surface area (Å²) in [5.41, 5.74) is 7.58. The van der Waals surface area contributed by atoms with Crippen LogP contribution in [0.3, 0.4) is 0 Å². The quantitative estimate of drug-likeness (QED) is 0.183. The molecule has 44 heavy (non-hydrogen) atoms. The monoisotopic (exact) mass is 628 g/mol. The van der Waals surface area contributed by atoms with Gasteiger partial charge in [0.15, 0.2) is 0 Å². The third kappa shape index (κ3) is 6.35. The number of nitrogens with zero attached hydrogens (tertiary/aromatic N) is 3. The lowest BCUT2D eigenvalue weighted by Gasteiger charge is -2.30. The Morgan fingerprint density at radius 2 is 1.77 bits per heavy atom. The summed E-state index contributed by atoms with van der Waals surface area (Å²) in [4.78, 5) is 4.33. The number of pyridine rings is 1. The van der Waals surface area contributed by atoms with E-state index < -0.39 is 27.3 Å². The van der Waals surface area contributed by atoms with Gasteiger partial charge in [0.2, 0.25) is 0 Å². The number of nitrogens with two attached hydrogens (primary N) is 1. The van der Waals surface area contributed by atoms with Crippen molar-refractivity contribution < 1.29 is 26.7 Å². The second-order valence-corrected chi connectivity index (χ2v) is 13.0. The SMILES string of the molecule is COCCN[C@H]1CC[C@H](c2cnc(N)c3c(-c4cc(F)c(NS(=O)(=O)c5ccc(OC)cc5)cc4F)nn(C(C)C)c32)CC1. The molecule has 0 amide bonds. The molecule has 0 unspecified atom stereocenters. The number of aromatic nitrogens is 3. The van der Waals surface area contributed by atoms with Gasteiger partial charge in [0, 0.05) is 43.6 Å². The summed E-state index contributed by atoms with van der Waals surface area (Å²) in [6, 6.07) is 7.60. The normalized spacial score (nSPS) is 17.3. The second kappa shape index (κ2) is 13.0. The number of halogens is 2. The van der Waals surface area contributed by atoms with Gasteiger partial charge in [0.25, 0.3) is 10.0 Å². The van der Waals surface area contributed by atoms with Crippen LogP contribution in [-0.4, -0.2) is 56.6 Å². The number of anilines is 2. The molecule has 0 bridgehead atoms. The molecule has 10 nitrogen and oxygen atoms in total. The number of nitrogens with one attached hydrogen (secondary N) is 2. The van der Waals surface area contributed by atoms with Gasteiger partial charge in [-0.15, -0.1) is 0 Å². The summed E-state index contributed by atoms with van der Waals surface area (Å²) in [6.07, 6.45) is 5.60. The van der Waals surface area contributed by atoms with Gasteiger partial charge >= 0.3 is 0 Å². The van der Waals surface area contributed by atoms with Gasteiger partial charge in [-0.05, 0) is 81.3 Å². The zero-order valence-corrected chi connectivity index (χ0v) is 26.0. The van der Waals surface area contributed by atoms with Crippen molar-refractivity contribution in [3.8, 4) is 17.0 Å². The van der Waals surface area contributed by atoms with E-state index in [-0.39, 0.29) is 33.9 Å². The number of benzene rings is 2. The fourth-order valence-electron chi connectivity index (χ4n) is 5.82. The summed E-state index contributed by atoms with van der Waals surface area (Å²) in [5.74, 6) is -1.01. The van der Waals surface area contributed by atoms with E-state index >= 15 is 8.78 Å². The Labute approximate surface area is 256 Å². The Hall–Kier alpha value is -3.81. The van der Waals surface area contributed by atoms with Crippen LogP contribution in [0.2, 0.25) is 0 Å². The van der Waals surface area contributed by atoms with Crippen LogP contribution in [0.1, 0.15) is 57.1 Å². The molecular formula is C31H38F2N6O4S. The Bertz CT molecular complexity index is 1740. The first kappa shape index (κ1) is 31.6. The molecular weight excluding hydrogens is 590 g/mol. The fraction of sp³-hybridized carbons (Fsp3) is 0.419. The van der Waals surface area contributed by atoms with Crippen LogP contribution in [-0.2, 0) is 14.8 Å². The third-order valence-corrected chi connectivity index (χ3v) is 9.49. The first-order valence-electron chi connectivity index (χ1n) is 14.6. The van der Waals surface area contributed by atoms with Gasteiger partial charge in [-0.3, -0.25) is 9.40 Å². The Kier molecular flexibility index (Phi) is 9.37. The van der Waals surface area contributed by atoms with Crippen molar-refractivity contribution in [3.05, 3.63) is 59.8 Å². The maximum absolute atomic E-state index is 15.7. The predicted molar refractivity (Wildman–Crippen MR) is 166 cm³/mol. The maximum atomic E-state index is 15.7. The van der Waals surface area contributed by atoms with Crippen molar-refractivity contribution >= 4 is 32.4 Å². The second-order valence-electron chi connectivity index (χ2n) is 11.3. The number of methoxy groups -OCH3 is 2. The van der Waals surface area contributed by atoms with Crippen molar-refractivity contribution in [3.63, 3.8) is 0 Å². The molecule has 13 heteroatoms. The highest BCUT2D eigenvalue weighted by atomic mass is 32.2. The molecule has 0 saturated heterocycles. The zero-order chi connectivity index (χ0) is 31.6. The largest absolute Gasteiger partial charge is 0.497 e. The number of hydrogen-bond acceptors (Lipinski definition) is 8. The molecule has 1 fully saturated rings. The highest BCUT2D eigenvalue weighted by Gasteiger charge is 2.29. The lowest BCUT2D eigenvalue weighted by atomic mass is 9.81. The highest BCUT2D eigenvalue weighted by molar-refractivity contribution is 7.92. The van der Waals surface area contributed by atoms with E-state index in [0.29, 0.717) is 23.8 Å². The molecule has 2 aromatic heterocycles. The van der Waals surface area contributed by atoms with E-state index in [9.17, 15) is 8.42 Å². The fourth-order valence-corrected chi connectivity index (χ4v) is 6.88. The standard InChI is InChI=1S/C31H38F2N6O4S/c1-18(2)39-30-24(19-5-7-20(8-6-19)35-13-14-42-3)17-36-31(34)28(30)29(37-39)23-15-26(33)27(16-25(23)32)38-44(40,41)22-11-9-21(43-4)10-12-22/h9-12,15-20,35,38H,5-8,13-14H2,1-4H3,(H2,34,36)/t19-,20-. The van der Waals surface area contributed by atoms with Crippen LogP contribution in [0.25, 0.3) is 22.2 Å². The molecule has 0 atom stereocenters. The molecule has 0 radical (unpaired) electrons. The first-order valence-corrected chi connectivity index (χ1v) is 16.1. The van der Waals surface area contributed by atoms with Crippen molar-refractivity contribution in [1.82, 2.24) is 20.1 Å². The molecule has 236 valence electrons. The molecule has 0 aliphatic heterocycles. The molecule has 4 aromatic rings. The minimum atomic E-state index is -4.21. The topological polar surface area (TPSA) is 133 Å². The minimum Gasteiger partial charge on any atom is -0.497 e. The number of fused-ring (bicyclic) bond motifs is 1. The summed E-state index contributed by atoms with van der Waals surface area (Å²) in [7, 11) is -1.07. The van der Waals surface area contributed by atoms with Crippen LogP contribution in [0.5, 0.6) is 5.75 Å². The van der Waals surface area contributed by atoms with Crippen molar-refractivity contribution in [2.24, 2.45) is 0 Å². The third-order valence-electron chi connectivity index (χ3n) is 8.10. The summed E-state index contributed by atoms with van der Waals surface area (Å²) in [6.45, 7) is 5.38. The molecule has 2 aromatic carbocycles. The van der Waals surface area contributed by atoms with E-state index in [1.807, 2.05) is 13.8 Å². The minimum absolute atomic E-state index is 0.109. The number of sulfonamides is 1. The van der Waals surface area contributed by atoms with Crippen LogP contribution < -0.4 is 20.5 Å². The van der Waals surface area contributed by atoms with E-state index in [1.54, 1.807) is 18.0 Å². The number of ether oxygens (including phenoxy) is 2. The average molecular weight is 629 g/mol. The number of hydrogen-bond donors (Lipinski definition) is 3. The molecule has 4 N–H and O–H groups in total. The summed E-state index contributed by atoms with van der Waals surface area (Å²) < 4.78 is 71.1. The Balaban J connectivity index is 1.50. The van der Waals surface area contributed by atoms with Gasteiger partial charge < -0.3 is 20.5 Å². The zero-order valence-electron chi connectivity index (χ0n) is 25.2. The average Bonchev–Trinajstić information content (AvgIpc) is 3.41. The van der Waals surface area contributed by atoms with Gasteiger partial charge in [-0.25, -0.2) is 22.2 Å². The van der Waals surface area contributed by atoms with Crippen LogP contribution in [0.4, 0.5) is 20.3 Å². The van der Waals surface area contributed by atoms with E-state index in [1.165, 1.54) is 31.4 Å². The summed E-state index contributed by atoms with van der Waals surface area (Å²) in [5, 5.41) is 8.71. The van der Waals surface area contributed by atoms with Crippen LogP contribution in [0, 0.1) is 11.6 Å². The van der Waals surface area contributed by atoms with Gasteiger partial charge in [-0.2, -0.15) is 5.10 Å². The number of rotatable bonds is 11. The molecule has 1 aliphatic carbocycles. The van der Waals surface area contributed by atoms with Crippen molar-refractivity contribution in [1.29, 1.82) is 0 Å². The van der Waals surface area contributed by atoms with Crippen LogP contribution in [0.15, 0.2) is 47.5 Å². The van der Waals surface area contributed by atoms with Gasteiger partial charge in [0.1, 0.15) is 28.9 Å². The molecule has 2 heterocycles. The van der Waals surface area contributed by atoms with E-state index in [4.69, 9.17) is 20.3 Å². The van der Waals surface area contributed by atoms with E-state index in [2.05, 4.69) is 15.0 Å². The van der Waals surface area contributed by atoms with E-state index in [0.717, 1.165) is 55.4 Å². The molecule has 0 spiro atoms. The Morgan fingerprint density at radius 1 is 1.07 bits per heavy atom. The smallest absolute Gasteiger partial charge is 0.261 e. The highest BCUT2D eigenvalue weighted by Crippen LogP contribution is 2.42.